The minimum Gasteiger partial charge on any atom is -0.457 e. The van der Waals surface area contributed by atoms with Crippen LogP contribution in [-0.4, -0.2) is 11.8 Å². The number of nitrogens with one attached hydrogen (secondary N) is 2. The summed E-state index contributed by atoms with van der Waals surface area (Å²) < 4.78 is 6.74. The van der Waals surface area contributed by atoms with Crippen LogP contribution in [0, 0.1) is 0 Å². The lowest BCUT2D eigenvalue weighted by Gasteiger charge is -2.09. The monoisotopic (exact) mass is 424 g/mol. The molecule has 0 atom stereocenters. The van der Waals surface area contributed by atoms with Gasteiger partial charge in [-0.3, -0.25) is 9.59 Å². The van der Waals surface area contributed by atoms with Gasteiger partial charge in [0, 0.05) is 28.3 Å². The number of halogens is 1. The molecule has 2 amide bonds. The zero-order valence-electron chi connectivity index (χ0n) is 14.5. The van der Waals surface area contributed by atoms with Crippen LogP contribution in [0.15, 0.2) is 77.3 Å². The number of rotatable bonds is 5. The Morgan fingerprint density at radius 2 is 1.22 bits per heavy atom. The molecule has 0 bridgehead atoms. The molecule has 0 saturated heterocycles. The zero-order valence-corrected chi connectivity index (χ0v) is 16.1. The first-order valence-corrected chi connectivity index (χ1v) is 9.01. The van der Waals surface area contributed by atoms with Crippen molar-refractivity contribution in [1.82, 2.24) is 0 Å². The normalized spacial score (nSPS) is 10.1. The fourth-order valence-electron chi connectivity index (χ4n) is 2.36. The lowest BCUT2D eigenvalue weighted by molar-refractivity contribution is -0.114. The topological polar surface area (TPSA) is 67.4 Å². The number of benzene rings is 3. The van der Waals surface area contributed by atoms with Crippen molar-refractivity contribution in [3.05, 3.63) is 82.8 Å². The quantitative estimate of drug-likeness (QED) is 0.571. The molecule has 5 nitrogen and oxygen atoms in total. The van der Waals surface area contributed by atoms with Crippen molar-refractivity contribution in [3.63, 3.8) is 0 Å². The lowest BCUT2D eigenvalue weighted by atomic mass is 10.2. The van der Waals surface area contributed by atoms with Gasteiger partial charge in [-0.15, -0.1) is 0 Å². The van der Waals surface area contributed by atoms with Gasteiger partial charge >= 0.3 is 0 Å². The highest BCUT2D eigenvalue weighted by atomic mass is 79.9. The van der Waals surface area contributed by atoms with Gasteiger partial charge in [0.15, 0.2) is 0 Å². The molecule has 0 aromatic heterocycles. The van der Waals surface area contributed by atoms with Gasteiger partial charge in [0.2, 0.25) is 5.91 Å². The van der Waals surface area contributed by atoms with Crippen LogP contribution in [0.1, 0.15) is 17.3 Å². The zero-order chi connectivity index (χ0) is 19.2. The van der Waals surface area contributed by atoms with Gasteiger partial charge in [0.1, 0.15) is 11.5 Å². The Morgan fingerprint density at radius 3 is 1.78 bits per heavy atom. The fraction of sp³-hybridized carbons (Fsp3) is 0.0476. The number of carbonyl (C=O) groups is 2. The Labute approximate surface area is 165 Å². The third kappa shape index (κ3) is 5.43. The first-order valence-electron chi connectivity index (χ1n) is 8.22. The minimum absolute atomic E-state index is 0.155. The summed E-state index contributed by atoms with van der Waals surface area (Å²) in [7, 11) is 0. The van der Waals surface area contributed by atoms with Crippen LogP contribution in [0.3, 0.4) is 0 Å². The van der Waals surface area contributed by atoms with E-state index in [0.29, 0.717) is 22.7 Å². The van der Waals surface area contributed by atoms with E-state index in [4.69, 9.17) is 4.74 Å². The van der Waals surface area contributed by atoms with E-state index in [1.807, 2.05) is 24.3 Å². The van der Waals surface area contributed by atoms with Crippen LogP contribution in [0.5, 0.6) is 11.5 Å². The molecule has 136 valence electrons. The van der Waals surface area contributed by atoms with Gasteiger partial charge in [-0.05, 0) is 72.8 Å². The van der Waals surface area contributed by atoms with Crippen LogP contribution in [0.4, 0.5) is 11.4 Å². The molecule has 27 heavy (non-hydrogen) atoms. The summed E-state index contributed by atoms with van der Waals surface area (Å²) in [4.78, 5) is 23.3. The Balaban J connectivity index is 1.61. The van der Waals surface area contributed by atoms with E-state index in [0.717, 1.165) is 10.2 Å². The van der Waals surface area contributed by atoms with Gasteiger partial charge in [-0.25, -0.2) is 0 Å². The molecular formula is C21H17BrN2O3. The molecule has 2 N–H and O–H groups in total. The highest BCUT2D eigenvalue weighted by molar-refractivity contribution is 9.10. The number of anilines is 2. The fourth-order valence-corrected chi connectivity index (χ4v) is 2.62. The van der Waals surface area contributed by atoms with E-state index < -0.39 is 0 Å². The lowest BCUT2D eigenvalue weighted by Crippen LogP contribution is -2.12. The molecule has 0 aliphatic heterocycles. The summed E-state index contributed by atoms with van der Waals surface area (Å²) in [6, 6.07) is 21.4. The third-order valence-electron chi connectivity index (χ3n) is 3.63. The summed E-state index contributed by atoms with van der Waals surface area (Å²) in [5.74, 6) is 1.02. The van der Waals surface area contributed by atoms with Crippen LogP contribution in [0.25, 0.3) is 0 Å². The smallest absolute Gasteiger partial charge is 0.255 e. The van der Waals surface area contributed by atoms with Gasteiger partial charge in [0.25, 0.3) is 5.91 Å². The highest BCUT2D eigenvalue weighted by Crippen LogP contribution is 2.24. The van der Waals surface area contributed by atoms with E-state index >= 15 is 0 Å². The van der Waals surface area contributed by atoms with E-state index in [1.54, 1.807) is 48.5 Å². The number of hydrogen-bond donors (Lipinski definition) is 2. The molecule has 0 heterocycles. The average molecular weight is 425 g/mol. The van der Waals surface area contributed by atoms with Crippen molar-refractivity contribution in [2.75, 3.05) is 10.6 Å². The number of amides is 2. The Kier molecular flexibility index (Phi) is 5.88. The molecule has 0 spiro atoms. The standard InChI is InChI=1S/C21H17BrN2O3/c1-14(25)23-17-6-2-15(3-7-17)21(26)24-18-8-12-20(13-9-18)27-19-10-4-16(22)5-11-19/h2-13H,1H3,(H,23,25)(H,24,26). The molecule has 0 radical (unpaired) electrons. The van der Waals surface area contributed by atoms with Crippen molar-refractivity contribution in [2.24, 2.45) is 0 Å². The maximum atomic E-state index is 12.3. The summed E-state index contributed by atoms with van der Waals surface area (Å²) in [6.07, 6.45) is 0. The van der Waals surface area contributed by atoms with Crippen LogP contribution < -0.4 is 15.4 Å². The molecule has 0 unspecified atom stereocenters. The molecule has 3 rings (SSSR count). The molecule has 0 fully saturated rings. The summed E-state index contributed by atoms with van der Waals surface area (Å²) >= 11 is 3.38. The maximum Gasteiger partial charge on any atom is 0.255 e. The molecular weight excluding hydrogens is 408 g/mol. The second kappa shape index (κ2) is 8.51. The highest BCUT2D eigenvalue weighted by Gasteiger charge is 2.07. The molecule has 6 heteroatoms. The molecule has 0 aliphatic rings. The first-order chi connectivity index (χ1) is 13.0. The van der Waals surface area contributed by atoms with Crippen LogP contribution in [-0.2, 0) is 4.79 Å². The molecule has 3 aromatic carbocycles. The predicted molar refractivity (Wildman–Crippen MR) is 109 cm³/mol. The number of carbonyl (C=O) groups excluding carboxylic acids is 2. The van der Waals surface area contributed by atoms with Crippen LogP contribution in [0.2, 0.25) is 0 Å². The van der Waals surface area contributed by atoms with Crippen molar-refractivity contribution in [2.45, 2.75) is 6.92 Å². The molecule has 3 aromatic rings. The Morgan fingerprint density at radius 1 is 0.741 bits per heavy atom. The Bertz CT molecular complexity index is 937. The van der Waals surface area contributed by atoms with Crippen molar-refractivity contribution >= 4 is 39.1 Å². The largest absolute Gasteiger partial charge is 0.457 e. The van der Waals surface area contributed by atoms with E-state index in [1.165, 1.54) is 6.92 Å². The maximum absolute atomic E-state index is 12.3. The summed E-state index contributed by atoms with van der Waals surface area (Å²) in [6.45, 7) is 1.44. The number of hydrogen-bond acceptors (Lipinski definition) is 3. The van der Waals surface area contributed by atoms with Crippen molar-refractivity contribution in [1.29, 1.82) is 0 Å². The van der Waals surface area contributed by atoms with Gasteiger partial charge in [0.05, 0.1) is 0 Å². The Hall–Kier alpha value is -3.12. The summed E-state index contributed by atoms with van der Waals surface area (Å²) in [5, 5.41) is 5.49. The van der Waals surface area contributed by atoms with Gasteiger partial charge in [-0.2, -0.15) is 0 Å². The van der Waals surface area contributed by atoms with E-state index in [9.17, 15) is 9.59 Å². The minimum atomic E-state index is -0.231. The molecule has 0 saturated carbocycles. The van der Waals surface area contributed by atoms with Gasteiger partial charge < -0.3 is 15.4 Å². The number of ether oxygens (including phenoxy) is 1. The van der Waals surface area contributed by atoms with E-state index in [-0.39, 0.29) is 11.8 Å². The van der Waals surface area contributed by atoms with Crippen LogP contribution >= 0.6 is 15.9 Å². The van der Waals surface area contributed by atoms with E-state index in [2.05, 4.69) is 26.6 Å². The molecule has 0 aliphatic carbocycles. The summed E-state index contributed by atoms with van der Waals surface area (Å²) in [5.41, 5.74) is 1.81. The van der Waals surface area contributed by atoms with Gasteiger partial charge in [-0.1, -0.05) is 15.9 Å². The third-order valence-corrected chi connectivity index (χ3v) is 4.16. The average Bonchev–Trinajstić information content (AvgIpc) is 2.65. The first kappa shape index (κ1) is 18.7. The second-order valence-electron chi connectivity index (χ2n) is 5.79. The van der Waals surface area contributed by atoms with Crippen molar-refractivity contribution in [3.8, 4) is 11.5 Å². The second-order valence-corrected chi connectivity index (χ2v) is 6.71. The SMILES string of the molecule is CC(=O)Nc1ccc(C(=O)Nc2ccc(Oc3ccc(Br)cc3)cc2)cc1. The predicted octanol–water partition coefficient (Wildman–Crippen LogP) is 5.45. The van der Waals surface area contributed by atoms with Crippen molar-refractivity contribution < 1.29 is 14.3 Å².